The molecule has 0 saturated heterocycles. The standard InChI is InChI=1S/2C9H8.2C5H12/c2*1-2-5-9-7-3-6-8(9)4-1;2*1-5(2,3)4/h2*1-6H,7H2;2*1-4H3. The van der Waals surface area contributed by atoms with Crippen molar-refractivity contribution in [1.82, 2.24) is 0 Å². The molecule has 0 nitrogen and oxygen atoms in total. The third kappa shape index (κ3) is 12.3. The summed E-state index contributed by atoms with van der Waals surface area (Å²) in [5.41, 5.74) is 6.69. The summed E-state index contributed by atoms with van der Waals surface area (Å²) in [4.78, 5) is 0. The van der Waals surface area contributed by atoms with Crippen molar-refractivity contribution in [3.63, 3.8) is 0 Å². The highest BCUT2D eigenvalue weighted by molar-refractivity contribution is 5.60. The Morgan fingerprint density at radius 2 is 0.786 bits per heavy atom. The van der Waals surface area contributed by atoms with Crippen LogP contribution >= 0.6 is 0 Å². The van der Waals surface area contributed by atoms with Crippen molar-refractivity contribution in [2.75, 3.05) is 0 Å². The monoisotopic (exact) mass is 376 g/mol. The summed E-state index contributed by atoms with van der Waals surface area (Å²) in [6.45, 7) is 17.5. The Labute approximate surface area is 174 Å². The Morgan fingerprint density at radius 3 is 1.07 bits per heavy atom. The van der Waals surface area contributed by atoms with Crippen molar-refractivity contribution in [3.8, 4) is 0 Å². The summed E-state index contributed by atoms with van der Waals surface area (Å²) < 4.78 is 0. The van der Waals surface area contributed by atoms with Gasteiger partial charge in [-0.05, 0) is 45.9 Å². The molecule has 0 radical (unpaired) electrons. The first-order valence-electron chi connectivity index (χ1n) is 10.4. The van der Waals surface area contributed by atoms with Crippen molar-refractivity contribution in [3.05, 3.63) is 82.9 Å². The van der Waals surface area contributed by atoms with Gasteiger partial charge in [0, 0.05) is 0 Å². The fraction of sp³-hybridized carbons (Fsp3) is 0.429. The lowest BCUT2D eigenvalue weighted by atomic mass is 10.0. The molecule has 2 aliphatic carbocycles. The Balaban J connectivity index is 0.000000196. The summed E-state index contributed by atoms with van der Waals surface area (Å²) in [5, 5.41) is 0. The van der Waals surface area contributed by atoms with E-state index in [1.54, 1.807) is 0 Å². The second-order valence-electron chi connectivity index (χ2n) is 10.6. The summed E-state index contributed by atoms with van der Waals surface area (Å²) >= 11 is 0. The van der Waals surface area contributed by atoms with Gasteiger partial charge in [-0.15, -0.1) is 0 Å². The zero-order valence-electron chi connectivity index (χ0n) is 19.3. The second kappa shape index (κ2) is 11.1. The normalized spacial score (nSPS) is 13.1. The number of allylic oxidation sites excluding steroid dienone is 2. The van der Waals surface area contributed by atoms with E-state index in [0.717, 1.165) is 12.8 Å². The fourth-order valence-electron chi connectivity index (χ4n) is 2.39. The maximum absolute atomic E-state index is 2.20. The largest absolute Gasteiger partial charge is 0.0795 e. The first-order valence-corrected chi connectivity index (χ1v) is 10.4. The summed E-state index contributed by atoms with van der Waals surface area (Å²) in [5.74, 6) is 0. The Hall–Kier alpha value is -2.08. The summed E-state index contributed by atoms with van der Waals surface area (Å²) in [6, 6.07) is 17.0. The minimum absolute atomic E-state index is 0.500. The maximum Gasteiger partial charge on any atom is -0.00882 e. The third-order valence-electron chi connectivity index (χ3n) is 3.38. The average molecular weight is 377 g/mol. The van der Waals surface area contributed by atoms with Gasteiger partial charge in [-0.3, -0.25) is 0 Å². The molecule has 0 saturated carbocycles. The van der Waals surface area contributed by atoms with Crippen molar-refractivity contribution in [1.29, 1.82) is 0 Å². The third-order valence-corrected chi connectivity index (χ3v) is 3.38. The van der Waals surface area contributed by atoms with Gasteiger partial charge in [0.15, 0.2) is 0 Å². The number of fused-ring (bicyclic) bond motifs is 2. The van der Waals surface area contributed by atoms with Crippen LogP contribution in [0, 0.1) is 10.8 Å². The molecule has 4 rings (SSSR count). The van der Waals surface area contributed by atoms with Crippen LogP contribution in [-0.4, -0.2) is 0 Å². The van der Waals surface area contributed by atoms with Crippen LogP contribution in [0.15, 0.2) is 60.7 Å². The van der Waals surface area contributed by atoms with Gasteiger partial charge in [-0.2, -0.15) is 0 Å². The lowest BCUT2D eigenvalue weighted by Crippen LogP contribution is -1.93. The molecule has 0 heteroatoms. The van der Waals surface area contributed by atoms with Gasteiger partial charge in [0.2, 0.25) is 0 Å². The van der Waals surface area contributed by atoms with Gasteiger partial charge < -0.3 is 0 Å². The predicted molar refractivity (Wildman–Crippen MR) is 129 cm³/mol. The van der Waals surface area contributed by atoms with Crippen molar-refractivity contribution < 1.29 is 0 Å². The molecule has 2 aromatic carbocycles. The van der Waals surface area contributed by atoms with Gasteiger partial charge in [-0.25, -0.2) is 0 Å². The van der Waals surface area contributed by atoms with Gasteiger partial charge in [-0.1, -0.05) is 128 Å². The Bertz CT molecular complexity index is 682. The van der Waals surface area contributed by atoms with Crippen LogP contribution in [0.1, 0.15) is 77.6 Å². The first-order chi connectivity index (χ1) is 12.9. The molecule has 2 aliphatic rings. The number of benzene rings is 2. The van der Waals surface area contributed by atoms with Crippen LogP contribution in [0.4, 0.5) is 0 Å². The van der Waals surface area contributed by atoms with Crippen LogP contribution in [0.5, 0.6) is 0 Å². The van der Waals surface area contributed by atoms with Gasteiger partial charge in [0.1, 0.15) is 0 Å². The Kier molecular flexibility index (Phi) is 9.46. The molecule has 0 spiro atoms. The quantitative estimate of drug-likeness (QED) is 0.431. The van der Waals surface area contributed by atoms with Crippen LogP contribution in [0.25, 0.3) is 12.2 Å². The second-order valence-corrected chi connectivity index (χ2v) is 10.6. The van der Waals surface area contributed by atoms with E-state index in [1.807, 2.05) is 0 Å². The number of hydrogen-bond donors (Lipinski definition) is 0. The van der Waals surface area contributed by atoms with Gasteiger partial charge in [0.25, 0.3) is 0 Å². The van der Waals surface area contributed by atoms with Crippen molar-refractivity contribution >= 4 is 12.2 Å². The molecule has 0 unspecified atom stereocenters. The minimum Gasteiger partial charge on any atom is -0.0795 e. The van der Waals surface area contributed by atoms with Crippen LogP contribution in [0.2, 0.25) is 0 Å². The SMILES string of the molecule is C1=Cc2ccccc2C1.C1=Cc2ccccc2C1.CC(C)(C)C.CC(C)(C)C. The van der Waals surface area contributed by atoms with Crippen LogP contribution < -0.4 is 0 Å². The molecular weight excluding hydrogens is 336 g/mol. The topological polar surface area (TPSA) is 0 Å². The molecule has 0 aromatic heterocycles. The van der Waals surface area contributed by atoms with E-state index in [1.165, 1.54) is 22.3 Å². The molecule has 0 bridgehead atoms. The van der Waals surface area contributed by atoms with E-state index in [2.05, 4.69) is 128 Å². The van der Waals surface area contributed by atoms with Crippen molar-refractivity contribution in [2.45, 2.75) is 68.2 Å². The number of rotatable bonds is 0. The maximum atomic E-state index is 2.20. The van der Waals surface area contributed by atoms with Gasteiger partial charge >= 0.3 is 0 Å². The molecule has 152 valence electrons. The van der Waals surface area contributed by atoms with Crippen LogP contribution in [0.3, 0.4) is 0 Å². The summed E-state index contributed by atoms with van der Waals surface area (Å²) in [6.07, 6.45) is 11.0. The molecular formula is C28H40. The molecule has 0 atom stereocenters. The average Bonchev–Trinajstić information content (AvgIpc) is 3.21. The molecule has 0 amide bonds. The smallest absolute Gasteiger partial charge is 0.00882 e. The van der Waals surface area contributed by atoms with E-state index in [9.17, 15) is 0 Å². The predicted octanol–water partition coefficient (Wildman–Crippen LogP) is 8.62. The zero-order chi connectivity index (χ0) is 21.2. The van der Waals surface area contributed by atoms with E-state index >= 15 is 0 Å². The highest BCUT2D eigenvalue weighted by atomic mass is 14.1. The number of hydrogen-bond acceptors (Lipinski definition) is 0. The zero-order valence-corrected chi connectivity index (χ0v) is 19.3. The van der Waals surface area contributed by atoms with Crippen molar-refractivity contribution in [2.24, 2.45) is 10.8 Å². The molecule has 0 N–H and O–H groups in total. The molecule has 2 aromatic rings. The van der Waals surface area contributed by atoms with Gasteiger partial charge in [0.05, 0.1) is 0 Å². The van der Waals surface area contributed by atoms with E-state index in [-0.39, 0.29) is 0 Å². The summed E-state index contributed by atoms with van der Waals surface area (Å²) in [7, 11) is 0. The molecule has 0 fully saturated rings. The minimum atomic E-state index is 0.500. The van der Waals surface area contributed by atoms with E-state index in [4.69, 9.17) is 0 Å². The van der Waals surface area contributed by atoms with E-state index in [0.29, 0.717) is 10.8 Å². The van der Waals surface area contributed by atoms with Crippen LogP contribution in [-0.2, 0) is 12.8 Å². The molecule has 28 heavy (non-hydrogen) atoms. The van der Waals surface area contributed by atoms with E-state index < -0.39 is 0 Å². The first kappa shape index (κ1) is 24.0. The fourth-order valence-corrected chi connectivity index (χ4v) is 2.39. The highest BCUT2D eigenvalue weighted by Gasteiger charge is 2.01. The lowest BCUT2D eigenvalue weighted by molar-refractivity contribution is 0.469. The Morgan fingerprint density at radius 1 is 0.500 bits per heavy atom. The molecule has 0 heterocycles. The highest BCUT2D eigenvalue weighted by Crippen LogP contribution is 2.18. The lowest BCUT2D eigenvalue weighted by Gasteiger charge is -2.05. The molecule has 0 aliphatic heterocycles.